The van der Waals surface area contributed by atoms with E-state index >= 15 is 0 Å². The van der Waals surface area contributed by atoms with E-state index in [1.807, 2.05) is 6.92 Å². The van der Waals surface area contributed by atoms with Gasteiger partial charge in [0.15, 0.2) is 0 Å². The summed E-state index contributed by atoms with van der Waals surface area (Å²) in [6.45, 7) is 1.85. The maximum atomic E-state index is 10.3. The molecule has 0 unspecified atom stereocenters. The molecule has 0 rings (SSSR count). The molecule has 0 radical (unpaired) electrons. The first kappa shape index (κ1) is 7.78. The number of nitrogens with two attached hydrogens (primary N) is 1. The average Bonchev–Trinajstić information content (AvgIpc) is 1.69. The Kier molecular flexibility index (Phi) is 3.64. The van der Waals surface area contributed by atoms with Gasteiger partial charge in [0.25, 0.3) is 5.91 Å². The molecule has 0 fully saturated rings. The van der Waals surface area contributed by atoms with Crippen LogP contribution < -0.4 is 5.73 Å². The molecule has 0 aromatic heterocycles. The van der Waals surface area contributed by atoms with Gasteiger partial charge in [0.1, 0.15) is 0 Å². The van der Waals surface area contributed by atoms with Crippen LogP contribution in [-0.2, 0) is 25.9 Å². The molecule has 0 aliphatic heterocycles. The fraction of sp³-hybridized carbons (Fsp3) is 0.500. The Bertz CT molecular complexity index is 148. The van der Waals surface area contributed by atoms with Gasteiger partial charge in [-0.25, -0.2) is 0 Å². The van der Waals surface area contributed by atoms with Gasteiger partial charge in [0.05, 0.1) is 4.86 Å². The SMILES string of the molecule is CCC(=S=S)C(N)=O. The second-order valence-corrected chi connectivity index (χ2v) is 2.38. The molecule has 4 heteroatoms. The molecule has 0 aliphatic rings. The summed E-state index contributed by atoms with van der Waals surface area (Å²) >= 11 is 4.53. The van der Waals surface area contributed by atoms with Crippen molar-refractivity contribution in [1.29, 1.82) is 0 Å². The van der Waals surface area contributed by atoms with E-state index in [4.69, 9.17) is 5.73 Å². The van der Waals surface area contributed by atoms with Crippen LogP contribution >= 0.6 is 0 Å². The van der Waals surface area contributed by atoms with Crippen LogP contribution in [0.3, 0.4) is 0 Å². The molecule has 0 atom stereocenters. The lowest BCUT2D eigenvalue weighted by molar-refractivity contribution is -0.111. The van der Waals surface area contributed by atoms with Gasteiger partial charge in [0.2, 0.25) is 0 Å². The van der Waals surface area contributed by atoms with Crippen LogP contribution in [0.25, 0.3) is 0 Å². The topological polar surface area (TPSA) is 43.1 Å². The number of carbonyl (C=O) groups is 1. The molecule has 0 heterocycles. The van der Waals surface area contributed by atoms with E-state index < -0.39 is 5.91 Å². The molecule has 2 nitrogen and oxygen atoms in total. The minimum atomic E-state index is -0.396. The molecule has 0 aromatic rings. The number of hydrogen-bond acceptors (Lipinski definition) is 2. The first-order valence-electron chi connectivity index (χ1n) is 2.17. The molecule has 0 saturated carbocycles. The predicted octanol–water partition coefficient (Wildman–Crippen LogP) is -0.401. The van der Waals surface area contributed by atoms with Crippen LogP contribution in [0.15, 0.2) is 0 Å². The van der Waals surface area contributed by atoms with Gasteiger partial charge in [0, 0.05) is 0 Å². The van der Waals surface area contributed by atoms with Crippen LogP contribution in [0.1, 0.15) is 13.3 Å². The van der Waals surface area contributed by atoms with Crippen molar-refractivity contribution in [3.8, 4) is 0 Å². The molecular formula is C4H7NOS2. The Labute approximate surface area is 56.3 Å². The standard InChI is InChI=1S/C4H7NOS2/c1-2-3(8-7)4(5)6/h2H2,1H3,(H2,5,6). The quantitative estimate of drug-likeness (QED) is 0.543. The highest BCUT2D eigenvalue weighted by molar-refractivity contribution is 8.17. The third-order valence-electron chi connectivity index (χ3n) is 0.697. The first-order valence-corrected chi connectivity index (χ1v) is 3.92. The maximum absolute atomic E-state index is 10.3. The van der Waals surface area contributed by atoms with Crippen LogP contribution in [0.5, 0.6) is 0 Å². The Balaban J connectivity index is 4.14. The molecule has 0 spiro atoms. The predicted molar refractivity (Wildman–Crippen MR) is 39.2 cm³/mol. The van der Waals surface area contributed by atoms with E-state index in [1.165, 1.54) is 0 Å². The normalized spacial score (nSPS) is 8.12. The third-order valence-corrected chi connectivity index (χ3v) is 1.99. The van der Waals surface area contributed by atoms with E-state index in [1.54, 1.807) is 0 Å². The number of carbonyl (C=O) groups excluding carboxylic acids is 1. The van der Waals surface area contributed by atoms with Gasteiger partial charge in [-0.3, -0.25) is 4.79 Å². The van der Waals surface area contributed by atoms with Gasteiger partial charge < -0.3 is 5.73 Å². The van der Waals surface area contributed by atoms with Crippen molar-refractivity contribution in [1.82, 2.24) is 0 Å². The maximum Gasteiger partial charge on any atom is 0.255 e. The minimum absolute atomic E-state index is 0.396. The molecule has 46 valence electrons. The summed E-state index contributed by atoms with van der Waals surface area (Å²) < 4.78 is 0. The largest absolute Gasteiger partial charge is 0.365 e. The third kappa shape index (κ3) is 2.18. The van der Waals surface area contributed by atoms with E-state index in [9.17, 15) is 4.79 Å². The lowest BCUT2D eigenvalue weighted by Gasteiger charge is -1.87. The minimum Gasteiger partial charge on any atom is -0.365 e. The number of rotatable bonds is 2. The Morgan fingerprint density at radius 1 is 1.88 bits per heavy atom. The zero-order valence-electron chi connectivity index (χ0n) is 4.51. The van der Waals surface area contributed by atoms with E-state index in [-0.39, 0.29) is 0 Å². The summed E-state index contributed by atoms with van der Waals surface area (Å²) in [5, 5.41) is 0. The lowest BCUT2D eigenvalue weighted by Crippen LogP contribution is -2.21. The lowest BCUT2D eigenvalue weighted by atomic mass is 10.3. The van der Waals surface area contributed by atoms with Crippen LogP contribution in [-0.4, -0.2) is 10.8 Å². The molecule has 8 heavy (non-hydrogen) atoms. The van der Waals surface area contributed by atoms with Crippen LogP contribution in [0.2, 0.25) is 0 Å². The fourth-order valence-corrected chi connectivity index (χ4v) is 1.07. The highest BCUT2D eigenvalue weighted by Crippen LogP contribution is 1.77. The van der Waals surface area contributed by atoms with Crippen molar-refractivity contribution >= 4 is 31.9 Å². The summed E-state index contributed by atoms with van der Waals surface area (Å²) in [6.07, 6.45) is 0.642. The molecule has 2 N–H and O–H groups in total. The van der Waals surface area contributed by atoms with Crippen molar-refractivity contribution in [2.45, 2.75) is 13.3 Å². The number of primary amides is 1. The first-order chi connectivity index (χ1) is 3.72. The van der Waals surface area contributed by atoms with Gasteiger partial charge >= 0.3 is 0 Å². The highest BCUT2D eigenvalue weighted by atomic mass is 32.8. The van der Waals surface area contributed by atoms with E-state index in [0.717, 1.165) is 9.91 Å². The van der Waals surface area contributed by atoms with Crippen molar-refractivity contribution in [2.75, 3.05) is 0 Å². The van der Waals surface area contributed by atoms with Gasteiger partial charge in [-0.1, -0.05) is 16.8 Å². The monoisotopic (exact) mass is 149 g/mol. The van der Waals surface area contributed by atoms with Crippen molar-refractivity contribution in [3.63, 3.8) is 0 Å². The molecular weight excluding hydrogens is 142 g/mol. The Morgan fingerprint density at radius 2 is 2.38 bits per heavy atom. The molecule has 0 saturated heterocycles. The summed E-state index contributed by atoms with van der Waals surface area (Å²) in [7, 11) is 1.00. The van der Waals surface area contributed by atoms with Crippen molar-refractivity contribution in [3.05, 3.63) is 0 Å². The second-order valence-electron chi connectivity index (χ2n) is 1.22. The van der Waals surface area contributed by atoms with E-state index in [2.05, 4.69) is 11.2 Å². The van der Waals surface area contributed by atoms with E-state index in [0.29, 0.717) is 11.3 Å². The number of hydrogen-bond donors (Lipinski definition) is 1. The van der Waals surface area contributed by atoms with Gasteiger partial charge in [-0.05, 0) is 17.6 Å². The highest BCUT2D eigenvalue weighted by Gasteiger charge is 1.97. The van der Waals surface area contributed by atoms with Crippen LogP contribution in [0, 0.1) is 0 Å². The second kappa shape index (κ2) is 3.74. The van der Waals surface area contributed by atoms with Gasteiger partial charge in [-0.2, -0.15) is 0 Å². The number of amides is 1. The summed E-state index contributed by atoms with van der Waals surface area (Å²) in [5.74, 6) is -0.396. The van der Waals surface area contributed by atoms with Crippen molar-refractivity contribution in [2.24, 2.45) is 5.73 Å². The Morgan fingerprint density at radius 3 is 2.38 bits per heavy atom. The molecule has 0 bridgehead atoms. The zero-order valence-corrected chi connectivity index (χ0v) is 6.14. The zero-order chi connectivity index (χ0) is 6.57. The van der Waals surface area contributed by atoms with Gasteiger partial charge in [-0.15, -0.1) is 0 Å². The molecule has 1 amide bonds. The average molecular weight is 149 g/mol. The molecule has 0 aliphatic carbocycles. The van der Waals surface area contributed by atoms with Crippen LogP contribution in [0.4, 0.5) is 0 Å². The molecule has 0 aromatic carbocycles. The summed E-state index contributed by atoms with van der Waals surface area (Å²) in [5.41, 5.74) is 4.89. The smallest absolute Gasteiger partial charge is 0.255 e. The summed E-state index contributed by atoms with van der Waals surface area (Å²) in [4.78, 5) is 10.8. The Hall–Kier alpha value is -0.220. The fourth-order valence-electron chi connectivity index (χ4n) is 0.274. The summed E-state index contributed by atoms with van der Waals surface area (Å²) in [6, 6.07) is 0. The van der Waals surface area contributed by atoms with Crippen molar-refractivity contribution < 1.29 is 4.79 Å².